The van der Waals surface area contributed by atoms with Crippen LogP contribution < -0.4 is 5.32 Å². The van der Waals surface area contributed by atoms with Crippen molar-refractivity contribution in [1.82, 2.24) is 15.5 Å². The van der Waals surface area contributed by atoms with E-state index < -0.39 is 0 Å². The number of aromatic nitrogens is 2. The highest BCUT2D eigenvalue weighted by Gasteiger charge is 2.11. The molecule has 0 saturated heterocycles. The summed E-state index contributed by atoms with van der Waals surface area (Å²) in [5, 5.41) is 16.8. The van der Waals surface area contributed by atoms with E-state index in [1.54, 1.807) is 13.0 Å². The Morgan fingerprint density at radius 3 is 2.83 bits per heavy atom. The number of hydrogen-bond acceptors (Lipinski definition) is 5. The minimum Gasteiger partial charge on any atom is -0.508 e. The van der Waals surface area contributed by atoms with Crippen molar-refractivity contribution in [2.45, 2.75) is 33.4 Å². The lowest BCUT2D eigenvalue weighted by molar-refractivity contribution is 0.355. The molecule has 0 fully saturated rings. The Hall–Kier alpha value is -1.88. The van der Waals surface area contributed by atoms with Gasteiger partial charge >= 0.3 is 0 Å². The fraction of sp³-hybridized carbons (Fsp3) is 0.385. The maximum atomic E-state index is 9.82. The van der Waals surface area contributed by atoms with Gasteiger partial charge in [-0.2, -0.15) is 4.98 Å². The zero-order valence-corrected chi connectivity index (χ0v) is 10.8. The maximum Gasteiger partial charge on any atom is 0.240 e. The molecular formula is C13H17N3O2. The number of aryl methyl sites for hydroxylation is 2. The number of benzene rings is 1. The lowest BCUT2D eigenvalue weighted by Crippen LogP contribution is -2.18. The first kappa shape index (κ1) is 12.6. The van der Waals surface area contributed by atoms with Crippen LogP contribution >= 0.6 is 0 Å². The second-order valence-corrected chi connectivity index (χ2v) is 4.40. The van der Waals surface area contributed by atoms with Crippen LogP contribution in [0.25, 0.3) is 0 Å². The van der Waals surface area contributed by atoms with Gasteiger partial charge in [0, 0.05) is 11.6 Å². The molecule has 0 aliphatic carbocycles. The van der Waals surface area contributed by atoms with Crippen LogP contribution in [0, 0.1) is 13.8 Å². The van der Waals surface area contributed by atoms with Crippen LogP contribution in [0.15, 0.2) is 22.7 Å². The molecule has 5 nitrogen and oxygen atoms in total. The predicted molar refractivity (Wildman–Crippen MR) is 67.1 cm³/mol. The van der Waals surface area contributed by atoms with E-state index in [1.165, 1.54) is 0 Å². The number of phenols is 1. The zero-order chi connectivity index (χ0) is 13.1. The first-order valence-corrected chi connectivity index (χ1v) is 5.88. The van der Waals surface area contributed by atoms with Gasteiger partial charge in [-0.15, -0.1) is 0 Å². The fourth-order valence-electron chi connectivity index (χ4n) is 1.78. The van der Waals surface area contributed by atoms with Gasteiger partial charge in [0.2, 0.25) is 5.89 Å². The first-order chi connectivity index (χ1) is 8.56. The van der Waals surface area contributed by atoms with E-state index in [-0.39, 0.29) is 6.04 Å². The summed E-state index contributed by atoms with van der Waals surface area (Å²) >= 11 is 0. The number of nitrogens with one attached hydrogen (secondary N) is 1. The Morgan fingerprint density at radius 1 is 1.39 bits per heavy atom. The Bertz CT molecular complexity index is 537. The van der Waals surface area contributed by atoms with Crippen molar-refractivity contribution >= 4 is 0 Å². The third-order valence-electron chi connectivity index (χ3n) is 2.78. The van der Waals surface area contributed by atoms with E-state index in [1.807, 2.05) is 26.0 Å². The van der Waals surface area contributed by atoms with Gasteiger partial charge in [0.25, 0.3) is 0 Å². The minimum absolute atomic E-state index is 0.0112. The predicted octanol–water partition coefficient (Wildman–Crippen LogP) is 2.24. The van der Waals surface area contributed by atoms with Crippen molar-refractivity contribution in [3.63, 3.8) is 0 Å². The average molecular weight is 247 g/mol. The molecule has 0 spiro atoms. The molecule has 1 unspecified atom stereocenters. The molecule has 1 heterocycles. The summed E-state index contributed by atoms with van der Waals surface area (Å²) in [6, 6.07) is 5.57. The van der Waals surface area contributed by atoms with E-state index in [4.69, 9.17) is 4.52 Å². The quantitative estimate of drug-likeness (QED) is 0.867. The van der Waals surface area contributed by atoms with Crippen molar-refractivity contribution in [3.05, 3.63) is 41.0 Å². The number of hydrogen-bond donors (Lipinski definition) is 2. The summed E-state index contributed by atoms with van der Waals surface area (Å²) in [4.78, 5) is 4.11. The fourth-order valence-corrected chi connectivity index (χ4v) is 1.78. The SMILES string of the molecule is Cc1ccc(O)c(C(C)NCc2nc(C)no2)c1. The van der Waals surface area contributed by atoms with E-state index in [0.29, 0.717) is 24.0 Å². The smallest absolute Gasteiger partial charge is 0.240 e. The third-order valence-corrected chi connectivity index (χ3v) is 2.78. The largest absolute Gasteiger partial charge is 0.508 e. The number of nitrogens with zero attached hydrogens (tertiary/aromatic N) is 2. The Kier molecular flexibility index (Phi) is 3.62. The molecule has 2 N–H and O–H groups in total. The van der Waals surface area contributed by atoms with Gasteiger partial charge in [0.05, 0.1) is 6.54 Å². The first-order valence-electron chi connectivity index (χ1n) is 5.88. The molecule has 2 aromatic rings. The summed E-state index contributed by atoms with van der Waals surface area (Å²) < 4.78 is 5.02. The molecule has 0 aliphatic heterocycles. The van der Waals surface area contributed by atoms with Crippen molar-refractivity contribution in [2.24, 2.45) is 0 Å². The second-order valence-electron chi connectivity index (χ2n) is 4.40. The van der Waals surface area contributed by atoms with E-state index in [2.05, 4.69) is 15.5 Å². The molecule has 96 valence electrons. The molecule has 1 atom stereocenters. The van der Waals surface area contributed by atoms with Crippen LogP contribution in [0.3, 0.4) is 0 Å². The van der Waals surface area contributed by atoms with Crippen molar-refractivity contribution < 1.29 is 9.63 Å². The number of rotatable bonds is 4. The molecule has 1 aromatic carbocycles. The van der Waals surface area contributed by atoms with E-state index >= 15 is 0 Å². The van der Waals surface area contributed by atoms with Crippen LogP contribution in [0.4, 0.5) is 0 Å². The summed E-state index contributed by atoms with van der Waals surface area (Å²) in [5.41, 5.74) is 1.98. The molecule has 18 heavy (non-hydrogen) atoms. The van der Waals surface area contributed by atoms with Crippen molar-refractivity contribution in [1.29, 1.82) is 0 Å². The molecule has 1 aromatic heterocycles. The highest BCUT2D eigenvalue weighted by Crippen LogP contribution is 2.25. The zero-order valence-electron chi connectivity index (χ0n) is 10.8. The van der Waals surface area contributed by atoms with Crippen LogP contribution in [0.5, 0.6) is 5.75 Å². The van der Waals surface area contributed by atoms with E-state index in [0.717, 1.165) is 11.1 Å². The van der Waals surface area contributed by atoms with E-state index in [9.17, 15) is 5.11 Å². The lowest BCUT2D eigenvalue weighted by atomic mass is 10.0. The van der Waals surface area contributed by atoms with Crippen LogP contribution in [-0.4, -0.2) is 15.2 Å². The summed E-state index contributed by atoms with van der Waals surface area (Å²) in [7, 11) is 0. The van der Waals surface area contributed by atoms with Crippen LogP contribution in [0.2, 0.25) is 0 Å². The van der Waals surface area contributed by atoms with Gasteiger partial charge in [0.1, 0.15) is 5.75 Å². The highest BCUT2D eigenvalue weighted by atomic mass is 16.5. The van der Waals surface area contributed by atoms with Crippen molar-refractivity contribution in [2.75, 3.05) is 0 Å². The Morgan fingerprint density at radius 2 is 2.17 bits per heavy atom. The Balaban J connectivity index is 2.03. The molecule has 0 bridgehead atoms. The van der Waals surface area contributed by atoms with Gasteiger partial charge in [-0.25, -0.2) is 0 Å². The molecule has 0 saturated carbocycles. The van der Waals surface area contributed by atoms with Crippen molar-refractivity contribution in [3.8, 4) is 5.75 Å². The topological polar surface area (TPSA) is 71.2 Å². The third kappa shape index (κ3) is 2.87. The van der Waals surface area contributed by atoms with Crippen LogP contribution in [0.1, 0.15) is 35.8 Å². The van der Waals surface area contributed by atoms with Gasteiger partial charge < -0.3 is 14.9 Å². The molecule has 2 rings (SSSR count). The Labute approximate surface area is 106 Å². The summed E-state index contributed by atoms with van der Waals surface area (Å²) in [6.45, 7) is 6.24. The molecule has 0 aliphatic rings. The van der Waals surface area contributed by atoms with Gasteiger partial charge in [-0.1, -0.05) is 22.9 Å². The number of aromatic hydroxyl groups is 1. The minimum atomic E-state index is 0.0112. The molecular weight excluding hydrogens is 230 g/mol. The summed E-state index contributed by atoms with van der Waals surface area (Å²) in [5.74, 6) is 1.46. The highest BCUT2D eigenvalue weighted by molar-refractivity contribution is 5.37. The number of phenolic OH excluding ortho intramolecular Hbond substituents is 1. The van der Waals surface area contributed by atoms with Crippen LogP contribution in [-0.2, 0) is 6.54 Å². The normalized spacial score (nSPS) is 12.6. The molecule has 5 heteroatoms. The molecule has 0 radical (unpaired) electrons. The lowest BCUT2D eigenvalue weighted by Gasteiger charge is -2.14. The standard InChI is InChI=1S/C13H17N3O2/c1-8-4-5-12(17)11(6-8)9(2)14-7-13-15-10(3)16-18-13/h4-6,9,14,17H,7H2,1-3H3. The monoisotopic (exact) mass is 247 g/mol. The van der Waals surface area contributed by atoms with Gasteiger partial charge in [0.15, 0.2) is 5.82 Å². The maximum absolute atomic E-state index is 9.82. The van der Waals surface area contributed by atoms with Gasteiger partial charge in [-0.05, 0) is 26.8 Å². The second kappa shape index (κ2) is 5.18. The average Bonchev–Trinajstić information content (AvgIpc) is 2.75. The van der Waals surface area contributed by atoms with Gasteiger partial charge in [-0.3, -0.25) is 0 Å². The summed E-state index contributed by atoms with van der Waals surface area (Å²) in [6.07, 6.45) is 0. The molecule has 0 amide bonds.